The molecule has 0 atom stereocenters. The highest BCUT2D eigenvalue weighted by atomic mass is 32.2. The molecular weight excluding hydrogens is 547 g/mol. The van der Waals surface area contributed by atoms with Crippen LogP contribution < -0.4 is 4.80 Å². The van der Waals surface area contributed by atoms with Crippen molar-refractivity contribution < 1.29 is 18.1 Å². The summed E-state index contributed by atoms with van der Waals surface area (Å²) in [5, 5.41) is 19.8. The summed E-state index contributed by atoms with van der Waals surface area (Å²) in [7, 11) is -3.59. The fraction of sp³-hybridized carbons (Fsp3) is 0.200. The molecule has 38 heavy (non-hydrogen) atoms. The minimum Gasteiger partial charge on any atom is -0.379 e. The van der Waals surface area contributed by atoms with Gasteiger partial charge in [-0.3, -0.25) is 10.1 Å². The Morgan fingerprint density at radius 1 is 1.03 bits per heavy atom. The van der Waals surface area contributed by atoms with E-state index >= 15 is 0 Å². The van der Waals surface area contributed by atoms with Gasteiger partial charge in [0.15, 0.2) is 0 Å². The second-order valence-corrected chi connectivity index (χ2v) is 12.0. The quantitative estimate of drug-likeness (QED) is 0.181. The molecule has 0 bridgehead atoms. The summed E-state index contributed by atoms with van der Waals surface area (Å²) in [6, 6.07) is 16.7. The Morgan fingerprint density at radius 3 is 2.37 bits per heavy atom. The van der Waals surface area contributed by atoms with Gasteiger partial charge in [0.2, 0.25) is 14.8 Å². The van der Waals surface area contributed by atoms with Gasteiger partial charge in [0.25, 0.3) is 5.69 Å². The zero-order valence-corrected chi connectivity index (χ0v) is 22.7. The van der Waals surface area contributed by atoms with Crippen LogP contribution in [0.2, 0.25) is 0 Å². The van der Waals surface area contributed by atoms with Crippen LogP contribution in [0.25, 0.3) is 10.6 Å². The van der Waals surface area contributed by atoms with Crippen molar-refractivity contribution in [2.24, 2.45) is 10.1 Å². The molecule has 196 valence electrons. The number of ether oxygens (including phenoxy) is 1. The molecule has 1 saturated heterocycles. The molecule has 1 fully saturated rings. The first-order valence-corrected chi connectivity index (χ1v) is 14.8. The molecule has 10 nitrogen and oxygen atoms in total. The number of benzene rings is 2. The van der Waals surface area contributed by atoms with E-state index in [2.05, 4.69) is 0 Å². The SMILES string of the molecule is CC(=Nn1c(-c2cccs2)csc1=Nc1ccc(S(=O)(=O)N2CCOCC2)cc1)c1ccc([N+](=O)[O-])cc1. The first-order chi connectivity index (χ1) is 18.3. The van der Waals surface area contributed by atoms with Crippen LogP contribution in [0.4, 0.5) is 11.4 Å². The number of aromatic nitrogens is 1. The minimum atomic E-state index is -3.59. The number of rotatable bonds is 7. The smallest absolute Gasteiger partial charge is 0.269 e. The Labute approximate surface area is 227 Å². The first kappa shape index (κ1) is 26.1. The third kappa shape index (κ3) is 5.51. The van der Waals surface area contributed by atoms with E-state index in [-0.39, 0.29) is 10.6 Å². The van der Waals surface area contributed by atoms with Crippen LogP contribution in [0.5, 0.6) is 0 Å². The standard InChI is InChI=1S/C25H23N5O5S3/c1-18(19-4-8-21(9-5-19)30(31)32)27-29-23(24-3-2-16-36-24)17-37-25(29)26-20-6-10-22(11-7-20)38(33,34)28-12-14-35-15-13-28/h2-11,16-17H,12-15H2,1H3. The van der Waals surface area contributed by atoms with E-state index in [1.54, 1.807) is 52.4 Å². The number of nitrogens with zero attached hydrogens (tertiary/aromatic N) is 5. The van der Waals surface area contributed by atoms with Gasteiger partial charge >= 0.3 is 0 Å². The molecule has 0 radical (unpaired) electrons. The molecule has 0 unspecified atom stereocenters. The fourth-order valence-corrected chi connectivity index (χ4v) is 6.89. The molecule has 1 aliphatic rings. The van der Waals surface area contributed by atoms with Crippen molar-refractivity contribution in [2.75, 3.05) is 26.3 Å². The Kier molecular flexibility index (Phi) is 7.63. The third-order valence-electron chi connectivity index (χ3n) is 5.87. The van der Waals surface area contributed by atoms with Gasteiger partial charge in [-0.25, -0.2) is 18.1 Å². The molecule has 0 spiro atoms. The van der Waals surface area contributed by atoms with Crippen LogP contribution in [0, 0.1) is 10.1 Å². The van der Waals surface area contributed by atoms with E-state index < -0.39 is 14.9 Å². The molecule has 4 aromatic rings. The minimum absolute atomic E-state index is 0.0128. The Bertz CT molecular complexity index is 1630. The van der Waals surface area contributed by atoms with Gasteiger partial charge < -0.3 is 4.74 Å². The predicted molar refractivity (Wildman–Crippen MR) is 148 cm³/mol. The Hall–Kier alpha value is -3.49. The highest BCUT2D eigenvalue weighted by Crippen LogP contribution is 2.26. The number of thiazole rings is 1. The van der Waals surface area contributed by atoms with Gasteiger partial charge in [-0.15, -0.1) is 22.7 Å². The maximum absolute atomic E-state index is 12.9. The predicted octanol–water partition coefficient (Wildman–Crippen LogP) is 4.71. The number of hydrogen-bond acceptors (Lipinski definition) is 9. The van der Waals surface area contributed by atoms with Gasteiger partial charge in [-0.05, 0) is 60.3 Å². The van der Waals surface area contributed by atoms with Crippen LogP contribution in [-0.4, -0.2) is 54.3 Å². The number of morpholine rings is 1. The Balaban J connectivity index is 1.51. The lowest BCUT2D eigenvalue weighted by molar-refractivity contribution is -0.384. The van der Waals surface area contributed by atoms with Crippen molar-refractivity contribution in [1.29, 1.82) is 0 Å². The summed E-state index contributed by atoms with van der Waals surface area (Å²) in [6.45, 7) is 3.27. The maximum atomic E-state index is 12.9. The van der Waals surface area contributed by atoms with Crippen molar-refractivity contribution in [3.63, 3.8) is 0 Å². The molecule has 1 aliphatic heterocycles. The molecule has 0 aliphatic carbocycles. The van der Waals surface area contributed by atoms with Crippen molar-refractivity contribution in [3.05, 3.63) is 91.9 Å². The molecular formula is C25H23N5O5S3. The van der Waals surface area contributed by atoms with E-state index in [0.717, 1.165) is 16.1 Å². The van der Waals surface area contributed by atoms with E-state index in [1.807, 2.05) is 29.8 Å². The third-order valence-corrected chi connectivity index (χ3v) is 9.50. The molecule has 2 aromatic carbocycles. The number of nitro benzene ring substituents is 1. The summed E-state index contributed by atoms with van der Waals surface area (Å²) < 4.78 is 34.3. The lowest BCUT2D eigenvalue weighted by Crippen LogP contribution is -2.40. The Morgan fingerprint density at radius 2 is 1.74 bits per heavy atom. The van der Waals surface area contributed by atoms with Crippen LogP contribution >= 0.6 is 22.7 Å². The summed E-state index contributed by atoms with van der Waals surface area (Å²) in [5.41, 5.74) is 2.86. The van der Waals surface area contributed by atoms with Gasteiger partial charge in [0.05, 0.1) is 45.0 Å². The second kappa shape index (κ2) is 11.1. The molecule has 13 heteroatoms. The highest BCUT2D eigenvalue weighted by molar-refractivity contribution is 7.89. The van der Waals surface area contributed by atoms with Crippen molar-refractivity contribution in [1.82, 2.24) is 8.98 Å². The van der Waals surface area contributed by atoms with Crippen LogP contribution in [0.3, 0.4) is 0 Å². The highest BCUT2D eigenvalue weighted by Gasteiger charge is 2.26. The molecule has 5 rings (SSSR count). The van der Waals surface area contributed by atoms with E-state index in [4.69, 9.17) is 14.8 Å². The fourth-order valence-electron chi connectivity index (χ4n) is 3.84. The number of non-ortho nitro benzene ring substituents is 1. The molecule has 0 saturated carbocycles. The maximum Gasteiger partial charge on any atom is 0.269 e. The van der Waals surface area contributed by atoms with E-state index in [9.17, 15) is 18.5 Å². The normalized spacial score (nSPS) is 15.6. The zero-order valence-electron chi connectivity index (χ0n) is 20.3. The molecule has 0 N–H and O–H groups in total. The number of sulfonamides is 1. The number of nitro groups is 1. The molecule has 2 aromatic heterocycles. The van der Waals surface area contributed by atoms with Crippen molar-refractivity contribution in [2.45, 2.75) is 11.8 Å². The zero-order chi connectivity index (χ0) is 26.7. The summed E-state index contributed by atoms with van der Waals surface area (Å²) in [4.78, 5) is 17.1. The monoisotopic (exact) mass is 569 g/mol. The number of thiophene rings is 1. The van der Waals surface area contributed by atoms with E-state index in [0.29, 0.717) is 42.5 Å². The molecule has 0 amide bonds. The van der Waals surface area contributed by atoms with Crippen molar-refractivity contribution >= 4 is 49.8 Å². The van der Waals surface area contributed by atoms with Gasteiger partial charge in [0, 0.05) is 30.6 Å². The summed E-state index contributed by atoms with van der Waals surface area (Å²) in [6.07, 6.45) is 0. The van der Waals surface area contributed by atoms with Crippen LogP contribution in [0.15, 0.2) is 86.4 Å². The van der Waals surface area contributed by atoms with Gasteiger partial charge in [0.1, 0.15) is 0 Å². The van der Waals surface area contributed by atoms with Crippen molar-refractivity contribution in [3.8, 4) is 10.6 Å². The average molecular weight is 570 g/mol. The second-order valence-electron chi connectivity index (χ2n) is 8.30. The number of hydrogen-bond donors (Lipinski definition) is 0. The molecule has 3 heterocycles. The van der Waals surface area contributed by atoms with Gasteiger partial charge in [-0.2, -0.15) is 9.41 Å². The lowest BCUT2D eigenvalue weighted by Gasteiger charge is -2.26. The first-order valence-electron chi connectivity index (χ1n) is 11.6. The summed E-state index contributed by atoms with van der Waals surface area (Å²) in [5.74, 6) is 0. The average Bonchev–Trinajstić information content (AvgIpc) is 3.60. The van der Waals surface area contributed by atoms with Gasteiger partial charge in [-0.1, -0.05) is 6.07 Å². The summed E-state index contributed by atoms with van der Waals surface area (Å²) >= 11 is 2.99. The largest absolute Gasteiger partial charge is 0.379 e. The van der Waals surface area contributed by atoms with E-state index in [1.165, 1.54) is 27.8 Å². The lowest BCUT2D eigenvalue weighted by atomic mass is 10.1. The van der Waals surface area contributed by atoms with Crippen LogP contribution in [0.1, 0.15) is 12.5 Å². The van der Waals surface area contributed by atoms with Crippen LogP contribution in [-0.2, 0) is 14.8 Å². The topological polar surface area (TPSA) is 119 Å².